The second-order valence-corrected chi connectivity index (χ2v) is 3.63. The van der Waals surface area contributed by atoms with Gasteiger partial charge in [0.2, 0.25) is 5.91 Å². The highest BCUT2D eigenvalue weighted by Crippen LogP contribution is 2.29. The van der Waals surface area contributed by atoms with Gasteiger partial charge in [0.05, 0.1) is 12.1 Å². The van der Waals surface area contributed by atoms with Crippen molar-refractivity contribution in [3.8, 4) is 0 Å². The highest BCUT2D eigenvalue weighted by molar-refractivity contribution is 5.95. The third-order valence-electron chi connectivity index (χ3n) is 2.39. The Kier molecular flexibility index (Phi) is 2.78. The first kappa shape index (κ1) is 11.8. The van der Waals surface area contributed by atoms with Crippen molar-refractivity contribution >= 4 is 11.6 Å². The molecule has 0 saturated carbocycles. The highest BCUT2D eigenvalue weighted by atomic mass is 19.4. The highest BCUT2D eigenvalue weighted by Gasteiger charge is 2.47. The van der Waals surface area contributed by atoms with Crippen molar-refractivity contribution in [3.63, 3.8) is 0 Å². The maximum atomic E-state index is 12.6. The number of alkyl halides is 3. The van der Waals surface area contributed by atoms with Gasteiger partial charge in [-0.2, -0.15) is 13.2 Å². The van der Waals surface area contributed by atoms with E-state index < -0.39 is 30.4 Å². The van der Waals surface area contributed by atoms with Crippen LogP contribution in [0.4, 0.5) is 23.2 Å². The smallest absolute Gasteiger partial charge is 0.273 e. The maximum Gasteiger partial charge on any atom is 0.406 e. The summed E-state index contributed by atoms with van der Waals surface area (Å²) in [5, 5.41) is 0.789. The van der Waals surface area contributed by atoms with Crippen LogP contribution in [0, 0.1) is 5.82 Å². The molecular weight excluding hydrogens is 240 g/mol. The van der Waals surface area contributed by atoms with E-state index in [-0.39, 0.29) is 5.69 Å². The lowest BCUT2D eigenvalue weighted by atomic mass is 10.2. The van der Waals surface area contributed by atoms with Gasteiger partial charge in [-0.3, -0.25) is 4.79 Å². The fraction of sp³-hybridized carbons (Fsp3) is 0.300. The molecule has 0 radical (unpaired) electrons. The van der Waals surface area contributed by atoms with Crippen molar-refractivity contribution in [2.24, 2.45) is 0 Å². The van der Waals surface area contributed by atoms with Crippen LogP contribution >= 0.6 is 0 Å². The van der Waals surface area contributed by atoms with Gasteiger partial charge >= 0.3 is 6.18 Å². The molecule has 1 aromatic carbocycles. The van der Waals surface area contributed by atoms with Crippen molar-refractivity contribution in [1.29, 1.82) is 0 Å². The predicted molar refractivity (Wildman–Crippen MR) is 51.5 cm³/mol. The fourth-order valence-corrected chi connectivity index (χ4v) is 1.54. The van der Waals surface area contributed by atoms with Crippen molar-refractivity contribution in [2.75, 3.05) is 5.01 Å². The second kappa shape index (κ2) is 3.99. The molecule has 0 aliphatic carbocycles. The van der Waals surface area contributed by atoms with Gasteiger partial charge in [0.25, 0.3) is 0 Å². The van der Waals surface area contributed by atoms with E-state index in [0.717, 1.165) is 17.1 Å². The summed E-state index contributed by atoms with van der Waals surface area (Å²) in [6.07, 6.45) is -5.13. The Hall–Kier alpha value is -1.63. The van der Waals surface area contributed by atoms with Crippen molar-refractivity contribution in [2.45, 2.75) is 18.6 Å². The normalized spacial score (nSPS) is 21.1. The van der Waals surface area contributed by atoms with Crippen LogP contribution < -0.4 is 10.4 Å². The molecule has 3 nitrogen and oxygen atoms in total. The van der Waals surface area contributed by atoms with E-state index >= 15 is 0 Å². The van der Waals surface area contributed by atoms with E-state index in [1.165, 1.54) is 12.1 Å². The van der Waals surface area contributed by atoms with Crippen LogP contribution in [0.25, 0.3) is 0 Å². The van der Waals surface area contributed by atoms with Gasteiger partial charge in [-0.1, -0.05) is 0 Å². The van der Waals surface area contributed by atoms with E-state index in [1.54, 1.807) is 0 Å². The van der Waals surface area contributed by atoms with Gasteiger partial charge in [0, 0.05) is 0 Å². The quantitative estimate of drug-likeness (QED) is 0.771. The van der Waals surface area contributed by atoms with Crippen molar-refractivity contribution in [3.05, 3.63) is 30.1 Å². The van der Waals surface area contributed by atoms with Gasteiger partial charge in [-0.15, -0.1) is 0 Å². The molecule has 0 bridgehead atoms. The number of rotatable bonds is 1. The molecule has 1 atom stereocenters. The zero-order valence-electron chi connectivity index (χ0n) is 8.46. The van der Waals surface area contributed by atoms with Crippen LogP contribution in [-0.4, -0.2) is 18.1 Å². The molecular formula is C10H8F4N2O. The SMILES string of the molecule is O=C1CC(C(F)(F)F)NN1c1ccc(F)cc1. The fourth-order valence-electron chi connectivity index (χ4n) is 1.54. The largest absolute Gasteiger partial charge is 0.406 e. The maximum absolute atomic E-state index is 12.6. The summed E-state index contributed by atoms with van der Waals surface area (Å²) in [5.74, 6) is -1.22. The van der Waals surface area contributed by atoms with Crippen LogP contribution in [0.5, 0.6) is 0 Å². The summed E-state index contributed by atoms with van der Waals surface area (Å²) in [7, 11) is 0. The Labute approximate surface area is 94.0 Å². The molecule has 1 aromatic rings. The first-order valence-electron chi connectivity index (χ1n) is 4.79. The molecule has 0 aromatic heterocycles. The molecule has 1 unspecified atom stereocenters. The molecule has 7 heteroatoms. The minimum absolute atomic E-state index is 0.183. The Balaban J connectivity index is 2.19. The lowest BCUT2D eigenvalue weighted by Crippen LogP contribution is -2.44. The topological polar surface area (TPSA) is 32.3 Å². The first-order chi connectivity index (χ1) is 7.88. The lowest BCUT2D eigenvalue weighted by Gasteiger charge is -2.19. The number of benzene rings is 1. The number of anilines is 1. The molecule has 1 aliphatic rings. The number of nitrogens with zero attached hydrogens (tertiary/aromatic N) is 1. The average molecular weight is 248 g/mol. The van der Waals surface area contributed by atoms with Gasteiger partial charge in [-0.05, 0) is 24.3 Å². The molecule has 1 fully saturated rings. The minimum atomic E-state index is -4.48. The molecule has 1 amide bonds. The monoisotopic (exact) mass is 248 g/mol. The minimum Gasteiger partial charge on any atom is -0.273 e. The number of amides is 1. The standard InChI is InChI=1S/C10H8F4N2O/c11-6-1-3-7(4-2-6)16-9(17)5-8(15-16)10(12,13)14/h1-4,8,15H,5H2. The number of hydrazine groups is 1. The molecule has 1 saturated heterocycles. The Morgan fingerprint density at radius 2 is 1.82 bits per heavy atom. The van der Waals surface area contributed by atoms with Gasteiger partial charge < -0.3 is 0 Å². The molecule has 0 spiro atoms. The Bertz CT molecular complexity index is 429. The van der Waals surface area contributed by atoms with E-state index in [4.69, 9.17) is 0 Å². The Morgan fingerprint density at radius 1 is 1.24 bits per heavy atom. The molecule has 92 valence electrons. The zero-order valence-corrected chi connectivity index (χ0v) is 8.46. The number of nitrogens with one attached hydrogen (secondary N) is 1. The number of carbonyl (C=O) groups excluding carboxylic acids is 1. The third-order valence-corrected chi connectivity index (χ3v) is 2.39. The Morgan fingerprint density at radius 3 is 2.29 bits per heavy atom. The number of halogens is 4. The van der Waals surface area contributed by atoms with Crippen LogP contribution in [0.2, 0.25) is 0 Å². The number of carbonyl (C=O) groups is 1. The van der Waals surface area contributed by atoms with Gasteiger partial charge in [0.1, 0.15) is 11.9 Å². The van der Waals surface area contributed by atoms with E-state index in [2.05, 4.69) is 5.43 Å². The first-order valence-corrected chi connectivity index (χ1v) is 4.79. The number of hydrogen-bond donors (Lipinski definition) is 1. The molecule has 1 N–H and O–H groups in total. The summed E-state index contributed by atoms with van der Waals surface area (Å²) in [6.45, 7) is 0. The third kappa shape index (κ3) is 2.38. The molecule has 17 heavy (non-hydrogen) atoms. The average Bonchev–Trinajstić information content (AvgIpc) is 2.61. The second-order valence-electron chi connectivity index (χ2n) is 3.63. The van der Waals surface area contributed by atoms with E-state index in [0.29, 0.717) is 0 Å². The summed E-state index contributed by atoms with van der Waals surface area (Å²) in [4.78, 5) is 11.4. The van der Waals surface area contributed by atoms with Crippen LogP contribution in [0.1, 0.15) is 6.42 Å². The van der Waals surface area contributed by atoms with Crippen LogP contribution in [0.3, 0.4) is 0 Å². The van der Waals surface area contributed by atoms with E-state index in [1.807, 2.05) is 0 Å². The van der Waals surface area contributed by atoms with Crippen molar-refractivity contribution in [1.82, 2.24) is 5.43 Å². The van der Waals surface area contributed by atoms with E-state index in [9.17, 15) is 22.4 Å². The lowest BCUT2D eigenvalue weighted by molar-refractivity contribution is -0.153. The summed E-state index contributed by atoms with van der Waals surface area (Å²) >= 11 is 0. The number of hydrogen-bond acceptors (Lipinski definition) is 2. The summed E-state index contributed by atoms with van der Waals surface area (Å²) < 4.78 is 49.8. The summed E-state index contributed by atoms with van der Waals surface area (Å²) in [6, 6.07) is 2.73. The predicted octanol–water partition coefficient (Wildman–Crippen LogP) is 2.00. The zero-order chi connectivity index (χ0) is 12.6. The van der Waals surface area contributed by atoms with Crippen molar-refractivity contribution < 1.29 is 22.4 Å². The summed E-state index contributed by atoms with van der Waals surface area (Å²) in [5.41, 5.74) is 2.24. The molecule has 1 heterocycles. The van der Waals surface area contributed by atoms with Gasteiger partial charge in [0.15, 0.2) is 0 Å². The van der Waals surface area contributed by atoms with Crippen LogP contribution in [0.15, 0.2) is 24.3 Å². The van der Waals surface area contributed by atoms with Crippen LogP contribution in [-0.2, 0) is 4.79 Å². The molecule has 2 rings (SSSR count). The van der Waals surface area contributed by atoms with Gasteiger partial charge in [-0.25, -0.2) is 14.8 Å². The molecule has 1 aliphatic heterocycles.